The summed E-state index contributed by atoms with van der Waals surface area (Å²) in [4.78, 5) is 15.9. The molecule has 1 fully saturated rings. The summed E-state index contributed by atoms with van der Waals surface area (Å²) in [6.07, 6.45) is 1.56. The van der Waals surface area contributed by atoms with Crippen LogP contribution in [0.1, 0.15) is 12.8 Å². The van der Waals surface area contributed by atoms with Crippen LogP contribution in [0.5, 0.6) is 0 Å². The summed E-state index contributed by atoms with van der Waals surface area (Å²) in [5.41, 5.74) is 0. The van der Waals surface area contributed by atoms with Gasteiger partial charge in [0.2, 0.25) is 5.91 Å². The lowest BCUT2D eigenvalue weighted by atomic mass is 10.2. The summed E-state index contributed by atoms with van der Waals surface area (Å²) in [5.74, 6) is 0.201. The molecule has 100 valence electrons. The van der Waals surface area contributed by atoms with Crippen LogP contribution in [0.3, 0.4) is 0 Å². The number of carbonyl (C=O) groups excluding carboxylic acids is 1. The van der Waals surface area contributed by atoms with Gasteiger partial charge in [0, 0.05) is 32.6 Å². The van der Waals surface area contributed by atoms with Gasteiger partial charge in [0.05, 0.1) is 13.2 Å². The van der Waals surface area contributed by atoms with E-state index >= 15 is 0 Å². The minimum atomic E-state index is 0.188. The molecule has 0 aromatic carbocycles. The van der Waals surface area contributed by atoms with E-state index < -0.39 is 0 Å². The Morgan fingerprint density at radius 2 is 2.12 bits per heavy atom. The first kappa shape index (κ1) is 14.4. The fourth-order valence-electron chi connectivity index (χ4n) is 1.87. The van der Waals surface area contributed by atoms with Crippen molar-refractivity contribution in [3.05, 3.63) is 0 Å². The van der Waals surface area contributed by atoms with E-state index in [2.05, 4.69) is 10.2 Å². The van der Waals surface area contributed by atoms with Crippen LogP contribution < -0.4 is 5.32 Å². The molecule has 1 rings (SSSR count). The summed E-state index contributed by atoms with van der Waals surface area (Å²) >= 11 is 0. The van der Waals surface area contributed by atoms with Crippen LogP contribution in [0, 0.1) is 0 Å². The van der Waals surface area contributed by atoms with Gasteiger partial charge in [-0.15, -0.1) is 0 Å². The Labute approximate surface area is 104 Å². The monoisotopic (exact) mass is 243 g/mol. The maximum atomic E-state index is 11.9. The number of nitrogens with zero attached hydrogens (tertiary/aromatic N) is 2. The van der Waals surface area contributed by atoms with Crippen molar-refractivity contribution in [1.82, 2.24) is 15.1 Å². The molecule has 0 saturated carbocycles. The molecule has 1 aliphatic rings. The fourth-order valence-corrected chi connectivity index (χ4v) is 1.87. The second-order valence-electron chi connectivity index (χ2n) is 4.90. The predicted octanol–water partition coefficient (Wildman–Crippen LogP) is -0.225. The van der Waals surface area contributed by atoms with Gasteiger partial charge >= 0.3 is 0 Å². The molecule has 1 unspecified atom stereocenters. The SMILES string of the molecule is CN(C)CCCN(C)C(=O)CC1COCCN1. The Bertz CT molecular complexity index is 228. The zero-order valence-corrected chi connectivity index (χ0v) is 11.2. The van der Waals surface area contributed by atoms with Crippen LogP contribution >= 0.6 is 0 Å². The average Bonchev–Trinajstić information content (AvgIpc) is 2.29. The Hall–Kier alpha value is -0.650. The molecular formula is C12H25N3O2. The number of amides is 1. The van der Waals surface area contributed by atoms with E-state index in [4.69, 9.17) is 4.74 Å². The minimum absolute atomic E-state index is 0.188. The predicted molar refractivity (Wildman–Crippen MR) is 68.0 cm³/mol. The normalized spacial score (nSPS) is 20.6. The topological polar surface area (TPSA) is 44.8 Å². The first-order valence-corrected chi connectivity index (χ1v) is 6.29. The molecule has 0 aromatic heterocycles. The van der Waals surface area contributed by atoms with Gasteiger partial charge in [0.1, 0.15) is 0 Å². The molecule has 1 heterocycles. The molecule has 5 nitrogen and oxygen atoms in total. The molecule has 17 heavy (non-hydrogen) atoms. The third-order valence-corrected chi connectivity index (χ3v) is 2.94. The van der Waals surface area contributed by atoms with Crippen LogP contribution in [0.15, 0.2) is 0 Å². The standard InChI is InChI=1S/C12H25N3O2/c1-14(2)6-4-7-15(3)12(16)9-11-10-17-8-5-13-11/h11,13H,4-10H2,1-3H3. The number of hydrogen-bond acceptors (Lipinski definition) is 4. The molecule has 1 saturated heterocycles. The summed E-state index contributed by atoms with van der Waals surface area (Å²) in [6, 6.07) is 0.188. The zero-order valence-electron chi connectivity index (χ0n) is 11.2. The van der Waals surface area contributed by atoms with Crippen molar-refractivity contribution in [1.29, 1.82) is 0 Å². The van der Waals surface area contributed by atoms with E-state index in [9.17, 15) is 4.79 Å². The van der Waals surface area contributed by atoms with E-state index in [1.165, 1.54) is 0 Å². The van der Waals surface area contributed by atoms with Crippen molar-refractivity contribution in [2.75, 3.05) is 54.0 Å². The molecule has 0 bridgehead atoms. The second kappa shape index (κ2) is 7.63. The van der Waals surface area contributed by atoms with E-state index in [1.807, 2.05) is 26.0 Å². The van der Waals surface area contributed by atoms with Crippen molar-refractivity contribution in [3.8, 4) is 0 Å². The van der Waals surface area contributed by atoms with Gasteiger partial charge in [-0.3, -0.25) is 4.79 Å². The lowest BCUT2D eigenvalue weighted by Gasteiger charge is -2.26. The number of rotatable bonds is 6. The lowest BCUT2D eigenvalue weighted by molar-refractivity contribution is -0.131. The highest BCUT2D eigenvalue weighted by atomic mass is 16.5. The van der Waals surface area contributed by atoms with E-state index in [1.54, 1.807) is 0 Å². The average molecular weight is 243 g/mol. The second-order valence-corrected chi connectivity index (χ2v) is 4.90. The molecule has 1 N–H and O–H groups in total. The van der Waals surface area contributed by atoms with Crippen molar-refractivity contribution < 1.29 is 9.53 Å². The van der Waals surface area contributed by atoms with E-state index in [0.717, 1.165) is 32.7 Å². The summed E-state index contributed by atoms with van der Waals surface area (Å²) in [5, 5.41) is 3.30. The van der Waals surface area contributed by atoms with Gasteiger partial charge in [0.25, 0.3) is 0 Å². The summed E-state index contributed by atoms with van der Waals surface area (Å²) in [7, 11) is 5.97. The summed E-state index contributed by atoms with van der Waals surface area (Å²) < 4.78 is 5.34. The molecule has 0 radical (unpaired) electrons. The zero-order chi connectivity index (χ0) is 12.7. The molecule has 1 amide bonds. The molecule has 0 spiro atoms. The number of morpholine rings is 1. The Kier molecular flexibility index (Phi) is 6.47. The van der Waals surface area contributed by atoms with Gasteiger partial charge < -0.3 is 19.9 Å². The number of ether oxygens (including phenoxy) is 1. The minimum Gasteiger partial charge on any atom is -0.378 e. The number of nitrogens with one attached hydrogen (secondary N) is 1. The maximum absolute atomic E-state index is 11.9. The van der Waals surface area contributed by atoms with Gasteiger partial charge in [-0.1, -0.05) is 0 Å². The highest BCUT2D eigenvalue weighted by Crippen LogP contribution is 2.02. The Morgan fingerprint density at radius 1 is 1.35 bits per heavy atom. The summed E-state index contributed by atoms with van der Waals surface area (Å²) in [6.45, 7) is 4.09. The van der Waals surface area contributed by atoms with Gasteiger partial charge in [-0.25, -0.2) is 0 Å². The van der Waals surface area contributed by atoms with Crippen LogP contribution in [0.25, 0.3) is 0 Å². The van der Waals surface area contributed by atoms with E-state index in [-0.39, 0.29) is 11.9 Å². The van der Waals surface area contributed by atoms with Gasteiger partial charge in [-0.2, -0.15) is 0 Å². The molecule has 1 aliphatic heterocycles. The first-order valence-electron chi connectivity index (χ1n) is 6.29. The fraction of sp³-hybridized carbons (Fsp3) is 0.917. The highest BCUT2D eigenvalue weighted by molar-refractivity contribution is 5.76. The van der Waals surface area contributed by atoms with Crippen molar-refractivity contribution in [2.45, 2.75) is 18.9 Å². The number of carbonyl (C=O) groups is 1. The van der Waals surface area contributed by atoms with Crippen LogP contribution in [0.2, 0.25) is 0 Å². The van der Waals surface area contributed by atoms with Gasteiger partial charge in [-0.05, 0) is 27.1 Å². The highest BCUT2D eigenvalue weighted by Gasteiger charge is 2.18. The largest absolute Gasteiger partial charge is 0.378 e. The quantitative estimate of drug-likeness (QED) is 0.700. The molecule has 5 heteroatoms. The smallest absolute Gasteiger partial charge is 0.223 e. The van der Waals surface area contributed by atoms with Crippen LogP contribution in [-0.4, -0.2) is 75.7 Å². The Morgan fingerprint density at radius 3 is 2.71 bits per heavy atom. The lowest BCUT2D eigenvalue weighted by Crippen LogP contribution is -2.44. The van der Waals surface area contributed by atoms with Crippen LogP contribution in [-0.2, 0) is 9.53 Å². The molecule has 0 aromatic rings. The van der Waals surface area contributed by atoms with Crippen molar-refractivity contribution in [3.63, 3.8) is 0 Å². The van der Waals surface area contributed by atoms with Crippen molar-refractivity contribution >= 4 is 5.91 Å². The maximum Gasteiger partial charge on any atom is 0.223 e. The van der Waals surface area contributed by atoms with Crippen LogP contribution in [0.4, 0.5) is 0 Å². The Balaban J connectivity index is 2.16. The van der Waals surface area contributed by atoms with Crippen molar-refractivity contribution in [2.24, 2.45) is 0 Å². The molecule has 1 atom stereocenters. The third-order valence-electron chi connectivity index (χ3n) is 2.94. The molecule has 0 aliphatic carbocycles. The number of hydrogen-bond donors (Lipinski definition) is 1. The molecular weight excluding hydrogens is 218 g/mol. The third kappa shape index (κ3) is 6.00. The van der Waals surface area contributed by atoms with Gasteiger partial charge in [0.15, 0.2) is 0 Å². The first-order chi connectivity index (χ1) is 8.09. The van der Waals surface area contributed by atoms with E-state index in [0.29, 0.717) is 13.0 Å².